The number of ether oxygens (including phenoxy) is 1. The molecule has 3 rings (SSSR count). The predicted molar refractivity (Wildman–Crippen MR) is 101 cm³/mol. The highest BCUT2D eigenvalue weighted by Crippen LogP contribution is 2.21. The van der Waals surface area contributed by atoms with Gasteiger partial charge in [0.05, 0.1) is 24.4 Å². The molecule has 0 aliphatic rings. The number of amides is 1. The molecule has 3 heterocycles. The molecule has 0 spiro atoms. The first-order valence-corrected chi connectivity index (χ1v) is 9.73. The summed E-state index contributed by atoms with van der Waals surface area (Å²) >= 11 is 2.97. The molecule has 1 atom stereocenters. The summed E-state index contributed by atoms with van der Waals surface area (Å²) in [6.45, 7) is 1.99. The Kier molecular flexibility index (Phi) is 6.08. The second-order valence-corrected chi connectivity index (χ2v) is 7.36. The maximum absolute atomic E-state index is 12.1. The second-order valence-electron chi connectivity index (χ2n) is 5.47. The Bertz CT molecular complexity index is 863. The largest absolute Gasteiger partial charge is 0.452 e. The Morgan fingerprint density at radius 1 is 1.23 bits per heavy atom. The number of pyridine rings is 1. The minimum absolute atomic E-state index is 0.0197. The van der Waals surface area contributed by atoms with Crippen LogP contribution in [0.3, 0.4) is 0 Å². The average Bonchev–Trinajstić information content (AvgIpc) is 3.32. The van der Waals surface area contributed by atoms with Crippen LogP contribution in [0.2, 0.25) is 0 Å². The lowest BCUT2D eigenvalue weighted by Crippen LogP contribution is -2.35. The van der Waals surface area contributed by atoms with Crippen molar-refractivity contribution in [2.24, 2.45) is 0 Å². The van der Waals surface area contributed by atoms with Crippen molar-refractivity contribution in [1.29, 1.82) is 0 Å². The SMILES string of the molecule is CC(OC(=O)Cc1csc(-c2ccccn2)n1)C(=O)NCc1cccs1. The van der Waals surface area contributed by atoms with Crippen LogP contribution in [0.25, 0.3) is 10.7 Å². The second kappa shape index (κ2) is 8.68. The van der Waals surface area contributed by atoms with E-state index in [0.29, 0.717) is 12.2 Å². The van der Waals surface area contributed by atoms with Crippen molar-refractivity contribution >= 4 is 34.6 Å². The molecule has 6 nitrogen and oxygen atoms in total. The molecule has 1 N–H and O–H groups in total. The van der Waals surface area contributed by atoms with E-state index in [1.54, 1.807) is 29.8 Å². The van der Waals surface area contributed by atoms with E-state index in [4.69, 9.17) is 4.74 Å². The van der Waals surface area contributed by atoms with Crippen molar-refractivity contribution in [3.05, 3.63) is 57.9 Å². The molecule has 0 bridgehead atoms. The van der Waals surface area contributed by atoms with Gasteiger partial charge in [-0.05, 0) is 30.5 Å². The van der Waals surface area contributed by atoms with Gasteiger partial charge < -0.3 is 10.1 Å². The van der Waals surface area contributed by atoms with Crippen molar-refractivity contribution in [3.8, 4) is 10.7 Å². The maximum atomic E-state index is 12.1. The Hall–Kier alpha value is -2.58. The molecule has 0 aliphatic carbocycles. The third kappa shape index (κ3) is 4.96. The van der Waals surface area contributed by atoms with Gasteiger partial charge in [-0.15, -0.1) is 22.7 Å². The fourth-order valence-electron chi connectivity index (χ4n) is 2.17. The number of thiophene rings is 1. The first kappa shape index (κ1) is 18.2. The lowest BCUT2D eigenvalue weighted by Gasteiger charge is -2.12. The smallest absolute Gasteiger partial charge is 0.312 e. The van der Waals surface area contributed by atoms with Gasteiger partial charge in [0.25, 0.3) is 5.91 Å². The summed E-state index contributed by atoms with van der Waals surface area (Å²) in [6.07, 6.45) is 0.865. The van der Waals surface area contributed by atoms with E-state index >= 15 is 0 Å². The van der Waals surface area contributed by atoms with Gasteiger partial charge in [0.2, 0.25) is 0 Å². The normalized spacial score (nSPS) is 11.7. The van der Waals surface area contributed by atoms with Crippen LogP contribution >= 0.6 is 22.7 Å². The van der Waals surface area contributed by atoms with Gasteiger partial charge >= 0.3 is 5.97 Å². The monoisotopic (exact) mass is 387 g/mol. The fraction of sp³-hybridized carbons (Fsp3) is 0.222. The van der Waals surface area contributed by atoms with E-state index in [-0.39, 0.29) is 12.3 Å². The van der Waals surface area contributed by atoms with Crippen LogP contribution in [0.5, 0.6) is 0 Å². The molecule has 1 unspecified atom stereocenters. The molecule has 0 saturated heterocycles. The highest BCUT2D eigenvalue weighted by Gasteiger charge is 2.19. The van der Waals surface area contributed by atoms with Gasteiger partial charge in [-0.1, -0.05) is 12.1 Å². The zero-order valence-corrected chi connectivity index (χ0v) is 15.7. The van der Waals surface area contributed by atoms with E-state index in [0.717, 1.165) is 15.6 Å². The van der Waals surface area contributed by atoms with Gasteiger partial charge in [-0.25, -0.2) is 4.98 Å². The number of esters is 1. The van der Waals surface area contributed by atoms with Crippen LogP contribution in [-0.4, -0.2) is 27.9 Å². The quantitative estimate of drug-likeness (QED) is 0.630. The number of carbonyl (C=O) groups is 2. The first-order chi connectivity index (χ1) is 12.6. The summed E-state index contributed by atoms with van der Waals surface area (Å²) < 4.78 is 5.20. The number of rotatable bonds is 7. The van der Waals surface area contributed by atoms with Crippen molar-refractivity contribution in [1.82, 2.24) is 15.3 Å². The third-order valence-corrected chi connectivity index (χ3v) is 5.25. The van der Waals surface area contributed by atoms with Crippen molar-refractivity contribution in [2.45, 2.75) is 26.0 Å². The number of carbonyl (C=O) groups excluding carboxylic acids is 2. The van der Waals surface area contributed by atoms with E-state index in [1.807, 2.05) is 35.7 Å². The van der Waals surface area contributed by atoms with Crippen LogP contribution in [0, 0.1) is 0 Å². The summed E-state index contributed by atoms with van der Waals surface area (Å²) in [7, 11) is 0. The molecule has 1 amide bonds. The molecule has 8 heteroatoms. The number of nitrogens with one attached hydrogen (secondary N) is 1. The highest BCUT2D eigenvalue weighted by molar-refractivity contribution is 7.13. The molecule has 134 valence electrons. The van der Waals surface area contributed by atoms with E-state index < -0.39 is 12.1 Å². The van der Waals surface area contributed by atoms with Crippen LogP contribution in [-0.2, 0) is 27.3 Å². The molecule has 3 aromatic rings. The molecule has 26 heavy (non-hydrogen) atoms. The van der Waals surface area contributed by atoms with Gasteiger partial charge in [0, 0.05) is 16.5 Å². The van der Waals surface area contributed by atoms with Crippen LogP contribution < -0.4 is 5.32 Å². The molecular weight excluding hydrogens is 370 g/mol. The number of hydrogen-bond acceptors (Lipinski definition) is 7. The zero-order valence-electron chi connectivity index (χ0n) is 14.0. The summed E-state index contributed by atoms with van der Waals surface area (Å²) in [5.74, 6) is -0.805. The summed E-state index contributed by atoms with van der Waals surface area (Å²) in [5.41, 5.74) is 1.37. The standard InChI is InChI=1S/C18H17N3O3S2/c1-12(17(23)20-10-14-5-4-8-25-14)24-16(22)9-13-11-26-18(21-13)15-6-2-3-7-19-15/h2-8,11-12H,9-10H2,1H3,(H,20,23). The number of aromatic nitrogens is 2. The van der Waals surface area contributed by atoms with Crippen molar-refractivity contribution < 1.29 is 14.3 Å². The van der Waals surface area contributed by atoms with E-state index in [9.17, 15) is 9.59 Å². The average molecular weight is 387 g/mol. The predicted octanol–water partition coefficient (Wildman–Crippen LogP) is 3.06. The van der Waals surface area contributed by atoms with Gasteiger partial charge in [0.15, 0.2) is 6.10 Å². The third-order valence-electron chi connectivity index (χ3n) is 3.46. The topological polar surface area (TPSA) is 81.2 Å². The molecular formula is C18H17N3O3S2. The highest BCUT2D eigenvalue weighted by atomic mass is 32.1. The number of nitrogens with zero attached hydrogens (tertiary/aromatic N) is 2. The zero-order chi connectivity index (χ0) is 18.4. The van der Waals surface area contributed by atoms with Crippen LogP contribution in [0.4, 0.5) is 0 Å². The van der Waals surface area contributed by atoms with Gasteiger partial charge in [0.1, 0.15) is 5.01 Å². The molecule has 3 aromatic heterocycles. The van der Waals surface area contributed by atoms with Crippen LogP contribution in [0.15, 0.2) is 47.3 Å². The maximum Gasteiger partial charge on any atom is 0.312 e. The Morgan fingerprint density at radius 2 is 2.12 bits per heavy atom. The van der Waals surface area contributed by atoms with Crippen molar-refractivity contribution in [3.63, 3.8) is 0 Å². The van der Waals surface area contributed by atoms with E-state index in [1.165, 1.54) is 11.3 Å². The van der Waals surface area contributed by atoms with Gasteiger partial charge in [-0.3, -0.25) is 14.6 Å². The number of thiazole rings is 1. The lowest BCUT2D eigenvalue weighted by molar-refractivity contribution is -0.154. The van der Waals surface area contributed by atoms with Gasteiger partial charge in [-0.2, -0.15) is 0 Å². The Morgan fingerprint density at radius 3 is 2.85 bits per heavy atom. The van der Waals surface area contributed by atoms with Crippen molar-refractivity contribution in [2.75, 3.05) is 0 Å². The fourth-order valence-corrected chi connectivity index (χ4v) is 3.61. The summed E-state index contributed by atoms with van der Waals surface area (Å²) in [4.78, 5) is 33.7. The number of hydrogen-bond donors (Lipinski definition) is 1. The summed E-state index contributed by atoms with van der Waals surface area (Å²) in [5, 5.41) is 7.24. The molecule has 0 saturated carbocycles. The minimum atomic E-state index is -0.851. The molecule has 0 aromatic carbocycles. The lowest BCUT2D eigenvalue weighted by atomic mass is 10.3. The summed E-state index contributed by atoms with van der Waals surface area (Å²) in [6, 6.07) is 9.43. The van der Waals surface area contributed by atoms with E-state index in [2.05, 4.69) is 15.3 Å². The van der Waals surface area contributed by atoms with Crippen LogP contribution in [0.1, 0.15) is 17.5 Å². The molecule has 0 aliphatic heterocycles. The Balaban J connectivity index is 1.49. The molecule has 0 fully saturated rings. The first-order valence-electron chi connectivity index (χ1n) is 7.97. The minimum Gasteiger partial charge on any atom is -0.452 e. The Labute approximate surface area is 158 Å². The molecule has 0 radical (unpaired) electrons.